The molecule has 134 valence electrons. The Balaban J connectivity index is 1.88. The van der Waals surface area contributed by atoms with Gasteiger partial charge >= 0.3 is 0 Å². The Morgan fingerprint density at radius 1 is 1.31 bits per heavy atom. The van der Waals surface area contributed by atoms with Gasteiger partial charge < -0.3 is 10.0 Å². The van der Waals surface area contributed by atoms with Gasteiger partial charge in [0.15, 0.2) is 0 Å². The van der Waals surface area contributed by atoms with Gasteiger partial charge in [0, 0.05) is 31.0 Å². The lowest BCUT2D eigenvalue weighted by molar-refractivity contribution is -0.133. The van der Waals surface area contributed by atoms with Crippen LogP contribution < -0.4 is 0 Å². The van der Waals surface area contributed by atoms with Crippen LogP contribution in [0.5, 0.6) is 0 Å². The first-order valence-electron chi connectivity index (χ1n) is 8.52. The van der Waals surface area contributed by atoms with Crippen LogP contribution in [0.3, 0.4) is 0 Å². The monoisotopic (exact) mass is 388 g/mol. The molecular formula is C20H18Cl2N2O2. The highest BCUT2D eigenvalue weighted by atomic mass is 35.5. The van der Waals surface area contributed by atoms with Gasteiger partial charge in [-0.1, -0.05) is 28.8 Å². The van der Waals surface area contributed by atoms with Gasteiger partial charge in [0.05, 0.1) is 10.0 Å². The third kappa shape index (κ3) is 2.82. The lowest BCUT2D eigenvalue weighted by Gasteiger charge is -2.29. The molecule has 1 amide bonds. The fourth-order valence-corrected chi connectivity index (χ4v) is 4.34. The summed E-state index contributed by atoms with van der Waals surface area (Å²) in [5, 5.41) is 10.3. The molecule has 6 heteroatoms. The van der Waals surface area contributed by atoms with Gasteiger partial charge in [-0.25, -0.2) is 0 Å². The molecule has 1 aromatic carbocycles. The third-order valence-electron chi connectivity index (χ3n) is 5.14. The third-order valence-corrected chi connectivity index (χ3v) is 5.97. The minimum atomic E-state index is -0.467. The summed E-state index contributed by atoms with van der Waals surface area (Å²) < 4.78 is 0. The minimum Gasteiger partial charge on any atom is -0.387 e. The predicted molar refractivity (Wildman–Crippen MR) is 103 cm³/mol. The molecule has 0 atom stereocenters. The Bertz CT molecular complexity index is 953. The van der Waals surface area contributed by atoms with E-state index in [0.29, 0.717) is 23.1 Å². The molecule has 0 unspecified atom stereocenters. The van der Waals surface area contributed by atoms with Gasteiger partial charge in [-0.3, -0.25) is 9.78 Å². The molecule has 0 spiro atoms. The highest BCUT2D eigenvalue weighted by Gasteiger charge is 2.33. The van der Waals surface area contributed by atoms with Crippen LogP contribution in [-0.4, -0.2) is 40.6 Å². The molecule has 0 fully saturated rings. The molecule has 0 bridgehead atoms. The predicted octanol–water partition coefficient (Wildman–Crippen LogP) is 3.90. The number of aliphatic hydroxyl groups excluding tert-OH is 1. The molecular weight excluding hydrogens is 371 g/mol. The van der Waals surface area contributed by atoms with E-state index in [4.69, 9.17) is 23.2 Å². The number of nitrogens with zero attached hydrogens (tertiary/aromatic N) is 2. The van der Waals surface area contributed by atoms with Crippen molar-refractivity contribution in [3.8, 4) is 11.1 Å². The van der Waals surface area contributed by atoms with Crippen LogP contribution in [0.2, 0.25) is 10.0 Å². The van der Waals surface area contributed by atoms with E-state index in [2.05, 4.69) is 11.1 Å². The number of benzene rings is 1. The summed E-state index contributed by atoms with van der Waals surface area (Å²) in [7, 11) is 0. The Hall–Kier alpha value is -1.88. The molecule has 2 aromatic rings. The average Bonchev–Trinajstić information content (AvgIpc) is 3.03. The number of fused-ring (bicyclic) bond motifs is 2. The van der Waals surface area contributed by atoms with Crippen molar-refractivity contribution in [3.05, 3.63) is 56.8 Å². The summed E-state index contributed by atoms with van der Waals surface area (Å²) in [6.07, 6.45) is 5.19. The van der Waals surface area contributed by atoms with Gasteiger partial charge in [0.25, 0.3) is 0 Å². The molecule has 0 radical (unpaired) electrons. The topological polar surface area (TPSA) is 53.4 Å². The van der Waals surface area contributed by atoms with Crippen LogP contribution in [0.15, 0.2) is 30.1 Å². The number of carbonyl (C=O) groups excluding carboxylic acids is 1. The van der Waals surface area contributed by atoms with Crippen LogP contribution >= 0.6 is 23.2 Å². The van der Waals surface area contributed by atoms with Crippen LogP contribution in [0.1, 0.15) is 23.1 Å². The smallest absolute Gasteiger partial charge is 0.248 e. The Morgan fingerprint density at radius 2 is 2.12 bits per heavy atom. The van der Waals surface area contributed by atoms with Crippen molar-refractivity contribution in [2.45, 2.75) is 19.8 Å². The van der Waals surface area contributed by atoms with Crippen molar-refractivity contribution in [2.24, 2.45) is 0 Å². The number of halogens is 2. The second-order valence-electron chi connectivity index (χ2n) is 6.81. The largest absolute Gasteiger partial charge is 0.387 e. The van der Waals surface area contributed by atoms with E-state index in [1.807, 2.05) is 25.4 Å². The zero-order valence-corrected chi connectivity index (χ0v) is 15.9. The first-order chi connectivity index (χ1) is 12.5. The summed E-state index contributed by atoms with van der Waals surface area (Å²) in [6, 6.07) is 3.97. The SMILES string of the molecule is Cc1cncc(-c2cc(Cl)c(Cl)c3c2C2=C(CCN(C(=O)CO)C2)C3)c1. The summed E-state index contributed by atoms with van der Waals surface area (Å²) in [6.45, 7) is 2.65. The quantitative estimate of drug-likeness (QED) is 0.848. The van der Waals surface area contributed by atoms with Crippen LogP contribution in [-0.2, 0) is 11.2 Å². The average molecular weight is 389 g/mol. The zero-order valence-electron chi connectivity index (χ0n) is 14.4. The lowest BCUT2D eigenvalue weighted by atomic mass is 9.92. The fourth-order valence-electron chi connectivity index (χ4n) is 3.90. The highest BCUT2D eigenvalue weighted by Crippen LogP contribution is 2.47. The van der Waals surface area contributed by atoms with Gasteiger partial charge in [-0.05, 0) is 59.7 Å². The Kier molecular flexibility index (Phi) is 4.51. The van der Waals surface area contributed by atoms with E-state index in [1.54, 1.807) is 4.90 Å². The van der Waals surface area contributed by atoms with Crippen LogP contribution in [0.4, 0.5) is 0 Å². The maximum atomic E-state index is 12.0. The highest BCUT2D eigenvalue weighted by molar-refractivity contribution is 6.43. The van der Waals surface area contributed by atoms with Gasteiger partial charge in [-0.15, -0.1) is 0 Å². The Morgan fingerprint density at radius 3 is 2.85 bits per heavy atom. The van der Waals surface area contributed by atoms with E-state index in [9.17, 15) is 9.90 Å². The second kappa shape index (κ2) is 6.69. The molecule has 1 aliphatic carbocycles. The van der Waals surface area contributed by atoms with E-state index in [1.165, 1.54) is 5.57 Å². The van der Waals surface area contributed by atoms with Crippen LogP contribution in [0, 0.1) is 6.92 Å². The minimum absolute atomic E-state index is 0.246. The van der Waals surface area contributed by atoms with E-state index < -0.39 is 6.61 Å². The summed E-state index contributed by atoms with van der Waals surface area (Å²) in [4.78, 5) is 18.0. The van der Waals surface area contributed by atoms with Crippen molar-refractivity contribution in [3.63, 3.8) is 0 Å². The fraction of sp³-hybridized carbons (Fsp3) is 0.300. The number of aliphatic hydroxyl groups is 1. The summed E-state index contributed by atoms with van der Waals surface area (Å²) in [5.41, 5.74) is 7.57. The van der Waals surface area contributed by atoms with E-state index in [0.717, 1.165) is 46.2 Å². The van der Waals surface area contributed by atoms with E-state index >= 15 is 0 Å². The molecule has 26 heavy (non-hydrogen) atoms. The van der Waals surface area contributed by atoms with Crippen molar-refractivity contribution >= 4 is 34.7 Å². The summed E-state index contributed by atoms with van der Waals surface area (Å²) in [5.74, 6) is -0.246. The molecule has 1 aliphatic heterocycles. The molecule has 2 aliphatic rings. The first kappa shape index (κ1) is 17.5. The number of hydrogen-bond donors (Lipinski definition) is 1. The zero-order chi connectivity index (χ0) is 18.4. The molecule has 0 saturated heterocycles. The lowest BCUT2D eigenvalue weighted by Crippen LogP contribution is -2.37. The number of carbonyl (C=O) groups is 1. The van der Waals surface area contributed by atoms with Crippen molar-refractivity contribution in [1.29, 1.82) is 0 Å². The van der Waals surface area contributed by atoms with E-state index in [-0.39, 0.29) is 5.91 Å². The molecule has 4 rings (SSSR count). The normalized spacial score (nSPS) is 15.9. The second-order valence-corrected chi connectivity index (χ2v) is 7.59. The molecule has 0 saturated carbocycles. The van der Waals surface area contributed by atoms with Crippen molar-refractivity contribution in [2.75, 3.05) is 19.7 Å². The maximum absolute atomic E-state index is 12.0. The van der Waals surface area contributed by atoms with Gasteiger partial charge in [-0.2, -0.15) is 0 Å². The number of pyridine rings is 1. The van der Waals surface area contributed by atoms with Gasteiger partial charge in [0.1, 0.15) is 6.61 Å². The molecule has 1 aromatic heterocycles. The molecule has 1 N–H and O–H groups in total. The number of aryl methyl sites for hydroxylation is 1. The Labute approximate surface area is 162 Å². The number of rotatable bonds is 2. The molecule has 2 heterocycles. The summed E-state index contributed by atoms with van der Waals surface area (Å²) >= 11 is 12.9. The first-order valence-corrected chi connectivity index (χ1v) is 9.28. The van der Waals surface area contributed by atoms with Crippen molar-refractivity contribution in [1.82, 2.24) is 9.88 Å². The number of hydrogen-bond acceptors (Lipinski definition) is 3. The maximum Gasteiger partial charge on any atom is 0.248 e. The standard InChI is InChI=1S/C20H18Cl2N2O2/c1-11-4-13(8-23-7-11)14-6-17(21)20(22)15-5-12-2-3-24(18(26)10-25)9-16(12)19(14)15/h4,6-8,25H,2-3,5,9-10H2,1H3. The number of amides is 1. The van der Waals surface area contributed by atoms with Gasteiger partial charge in [0.2, 0.25) is 5.91 Å². The number of aromatic nitrogens is 1. The van der Waals surface area contributed by atoms with Crippen molar-refractivity contribution < 1.29 is 9.90 Å². The molecule has 4 nitrogen and oxygen atoms in total. The van der Waals surface area contributed by atoms with Crippen LogP contribution in [0.25, 0.3) is 16.7 Å².